The maximum atomic E-state index is 11.1. The molecule has 0 aliphatic heterocycles. The van der Waals surface area contributed by atoms with Crippen LogP contribution in [0.2, 0.25) is 0 Å². The fourth-order valence-electron chi connectivity index (χ4n) is 2.02. The van der Waals surface area contributed by atoms with E-state index in [4.69, 9.17) is 0 Å². The Kier molecular flexibility index (Phi) is 2.62. The molecule has 7 heteroatoms. The van der Waals surface area contributed by atoms with Crippen molar-refractivity contribution in [3.05, 3.63) is 58.5 Å². The molecule has 0 saturated carbocycles. The van der Waals surface area contributed by atoms with Crippen LogP contribution < -0.4 is 0 Å². The van der Waals surface area contributed by atoms with Crippen LogP contribution in [0.4, 0.5) is 5.69 Å². The zero-order valence-electron chi connectivity index (χ0n) is 10.1. The zero-order chi connectivity index (χ0) is 14.1. The molecule has 0 atom stereocenters. The zero-order valence-corrected chi connectivity index (χ0v) is 10.1. The van der Waals surface area contributed by atoms with E-state index in [0.29, 0.717) is 11.0 Å². The van der Waals surface area contributed by atoms with Crippen molar-refractivity contribution in [2.45, 2.75) is 0 Å². The van der Waals surface area contributed by atoms with Crippen molar-refractivity contribution >= 4 is 16.7 Å². The third-order valence-electron chi connectivity index (χ3n) is 2.84. The smallest absolute Gasteiger partial charge is 0.262 e. The van der Waals surface area contributed by atoms with Gasteiger partial charge in [-0.3, -0.25) is 14.7 Å². The lowest BCUT2D eigenvalue weighted by atomic mass is 10.3. The molecule has 0 unspecified atom stereocenters. The quantitative estimate of drug-likeness (QED) is 0.522. The maximum absolute atomic E-state index is 11.1. The number of aromatic nitrogens is 3. The van der Waals surface area contributed by atoms with Crippen LogP contribution in [-0.2, 0) is 0 Å². The summed E-state index contributed by atoms with van der Waals surface area (Å²) >= 11 is 0. The highest BCUT2D eigenvalue weighted by atomic mass is 16.6. The van der Waals surface area contributed by atoms with Gasteiger partial charge in [0.05, 0.1) is 16.0 Å². The molecule has 7 nitrogen and oxygen atoms in total. The van der Waals surface area contributed by atoms with Crippen molar-refractivity contribution in [1.82, 2.24) is 14.5 Å². The van der Waals surface area contributed by atoms with E-state index in [1.807, 2.05) is 6.07 Å². The topological polar surface area (TPSA) is 97.6 Å². The Morgan fingerprint density at radius 2 is 2.05 bits per heavy atom. The van der Waals surface area contributed by atoms with Gasteiger partial charge < -0.3 is 0 Å². The van der Waals surface area contributed by atoms with Gasteiger partial charge in [-0.05, 0) is 18.2 Å². The number of imidazole rings is 1. The largest absolute Gasteiger partial charge is 0.312 e. The number of benzene rings is 1. The first-order chi connectivity index (χ1) is 9.72. The highest BCUT2D eigenvalue weighted by molar-refractivity contribution is 5.79. The molecule has 3 aromatic rings. The van der Waals surface area contributed by atoms with Crippen LogP contribution in [0.25, 0.3) is 16.9 Å². The molecular weight excluding hydrogens is 258 g/mol. The summed E-state index contributed by atoms with van der Waals surface area (Å²) in [6, 6.07) is 11.8. The van der Waals surface area contributed by atoms with Crippen LogP contribution in [-0.4, -0.2) is 19.5 Å². The second-order valence-corrected chi connectivity index (χ2v) is 3.97. The fraction of sp³-hybridized carbons (Fsp3) is 0. The van der Waals surface area contributed by atoms with E-state index in [1.54, 1.807) is 24.3 Å². The molecule has 0 aliphatic rings. The minimum Gasteiger partial charge on any atom is -0.262 e. The SMILES string of the molecule is N#Cc1nc2ccccc2n1-c1ncccc1[N+](=O)[O-]. The molecule has 1 aromatic carbocycles. The Morgan fingerprint density at radius 1 is 1.25 bits per heavy atom. The summed E-state index contributed by atoms with van der Waals surface area (Å²) in [6.07, 6.45) is 1.44. The van der Waals surface area contributed by atoms with E-state index in [-0.39, 0.29) is 17.3 Å². The average molecular weight is 265 g/mol. The van der Waals surface area contributed by atoms with Gasteiger partial charge in [-0.1, -0.05) is 12.1 Å². The Hall–Kier alpha value is -3.27. The summed E-state index contributed by atoms with van der Waals surface area (Å²) in [6.45, 7) is 0. The van der Waals surface area contributed by atoms with Gasteiger partial charge in [-0.2, -0.15) is 5.26 Å². The Balaban J connectivity index is 2.41. The minimum absolute atomic E-state index is 0.0630. The molecular formula is C13H7N5O2. The lowest BCUT2D eigenvalue weighted by Crippen LogP contribution is -2.04. The van der Waals surface area contributed by atoms with Gasteiger partial charge in [0.1, 0.15) is 6.07 Å². The first-order valence-corrected chi connectivity index (χ1v) is 5.69. The standard InChI is InChI=1S/C13H7N5O2/c14-8-12-16-9-4-1-2-5-10(9)17(12)13-11(18(19)20)6-3-7-15-13/h1-7H. The van der Waals surface area contributed by atoms with Crippen LogP contribution in [0, 0.1) is 21.4 Å². The van der Waals surface area contributed by atoms with E-state index < -0.39 is 4.92 Å². The number of rotatable bonds is 2. The number of fused-ring (bicyclic) bond motifs is 1. The lowest BCUT2D eigenvalue weighted by Gasteiger charge is -2.04. The van der Waals surface area contributed by atoms with E-state index in [2.05, 4.69) is 9.97 Å². The van der Waals surface area contributed by atoms with Crippen LogP contribution >= 0.6 is 0 Å². The minimum atomic E-state index is -0.530. The van der Waals surface area contributed by atoms with E-state index >= 15 is 0 Å². The third-order valence-corrected chi connectivity index (χ3v) is 2.84. The van der Waals surface area contributed by atoms with Crippen LogP contribution in [0.15, 0.2) is 42.6 Å². The van der Waals surface area contributed by atoms with E-state index in [9.17, 15) is 15.4 Å². The van der Waals surface area contributed by atoms with Crippen molar-refractivity contribution in [3.63, 3.8) is 0 Å². The molecule has 20 heavy (non-hydrogen) atoms. The van der Waals surface area contributed by atoms with Crippen LogP contribution in [0.5, 0.6) is 0 Å². The second kappa shape index (κ2) is 4.44. The maximum Gasteiger partial charge on any atom is 0.312 e. The number of nitrogens with zero attached hydrogens (tertiary/aromatic N) is 5. The summed E-state index contributed by atoms with van der Waals surface area (Å²) in [4.78, 5) is 18.8. The van der Waals surface area contributed by atoms with Crippen LogP contribution in [0.1, 0.15) is 5.82 Å². The number of pyridine rings is 1. The molecule has 2 heterocycles. The van der Waals surface area contributed by atoms with Gasteiger partial charge >= 0.3 is 5.69 Å². The molecule has 0 fully saturated rings. The van der Waals surface area contributed by atoms with E-state index in [0.717, 1.165) is 0 Å². The molecule has 0 radical (unpaired) electrons. The molecule has 96 valence electrons. The van der Waals surface area contributed by atoms with Gasteiger partial charge in [0.25, 0.3) is 0 Å². The van der Waals surface area contributed by atoms with Crippen molar-refractivity contribution in [2.75, 3.05) is 0 Å². The predicted octanol–water partition coefficient (Wildman–Crippen LogP) is 2.20. The van der Waals surface area contributed by atoms with E-state index in [1.165, 1.54) is 22.9 Å². The van der Waals surface area contributed by atoms with Crippen LogP contribution in [0.3, 0.4) is 0 Å². The summed E-state index contributed by atoms with van der Waals surface area (Å²) in [5.74, 6) is 0.149. The summed E-state index contributed by atoms with van der Waals surface area (Å²) < 4.78 is 1.40. The summed E-state index contributed by atoms with van der Waals surface area (Å²) in [5.41, 5.74) is 1.02. The Morgan fingerprint density at radius 3 is 2.80 bits per heavy atom. The predicted molar refractivity (Wildman–Crippen MR) is 70.2 cm³/mol. The average Bonchev–Trinajstić information content (AvgIpc) is 2.85. The molecule has 2 aromatic heterocycles. The fourth-order valence-corrected chi connectivity index (χ4v) is 2.02. The number of hydrogen-bond acceptors (Lipinski definition) is 5. The summed E-state index contributed by atoms with van der Waals surface area (Å²) in [5, 5.41) is 20.3. The van der Waals surface area contributed by atoms with Gasteiger partial charge in [0.15, 0.2) is 0 Å². The molecule has 0 aliphatic carbocycles. The highest BCUT2D eigenvalue weighted by Crippen LogP contribution is 2.25. The first-order valence-electron chi connectivity index (χ1n) is 5.69. The first kappa shape index (κ1) is 11.8. The second-order valence-electron chi connectivity index (χ2n) is 3.97. The number of nitriles is 1. The monoisotopic (exact) mass is 265 g/mol. The molecule has 3 rings (SSSR count). The number of para-hydroxylation sites is 2. The molecule has 0 amide bonds. The van der Waals surface area contributed by atoms with Crippen molar-refractivity contribution in [1.29, 1.82) is 5.26 Å². The molecule has 0 N–H and O–H groups in total. The van der Waals surface area contributed by atoms with Gasteiger partial charge in [-0.25, -0.2) is 9.97 Å². The Labute approximate surface area is 112 Å². The number of hydrogen-bond donors (Lipinski definition) is 0. The van der Waals surface area contributed by atoms with Gasteiger partial charge in [0, 0.05) is 12.3 Å². The van der Waals surface area contributed by atoms with Crippen molar-refractivity contribution < 1.29 is 4.92 Å². The molecule has 0 spiro atoms. The number of nitro groups is 1. The van der Waals surface area contributed by atoms with Crippen molar-refractivity contribution in [2.24, 2.45) is 0 Å². The van der Waals surface area contributed by atoms with Gasteiger partial charge in [-0.15, -0.1) is 0 Å². The lowest BCUT2D eigenvalue weighted by molar-refractivity contribution is -0.384. The third kappa shape index (κ3) is 1.67. The normalized spacial score (nSPS) is 10.3. The van der Waals surface area contributed by atoms with Gasteiger partial charge in [0.2, 0.25) is 11.6 Å². The molecule has 0 bridgehead atoms. The highest BCUT2D eigenvalue weighted by Gasteiger charge is 2.21. The Bertz CT molecular complexity index is 863. The van der Waals surface area contributed by atoms with Crippen molar-refractivity contribution in [3.8, 4) is 11.9 Å². The molecule has 0 saturated heterocycles. The summed E-state index contributed by atoms with van der Waals surface area (Å²) in [7, 11) is 0.